The van der Waals surface area contributed by atoms with E-state index in [0.717, 1.165) is 51.5 Å². The lowest BCUT2D eigenvalue weighted by Gasteiger charge is -2.18. The van der Waals surface area contributed by atoms with E-state index in [1.807, 2.05) is 30.3 Å². The smallest absolute Gasteiger partial charge is 0.131 e. The number of rotatable bonds is 6. The number of aryl methyl sites for hydroxylation is 1. The van der Waals surface area contributed by atoms with Crippen LogP contribution in [-0.4, -0.2) is 21.3 Å². The van der Waals surface area contributed by atoms with Gasteiger partial charge in [0.25, 0.3) is 0 Å². The molecule has 3 nitrogen and oxygen atoms in total. The summed E-state index contributed by atoms with van der Waals surface area (Å²) < 4.78 is 16.4. The van der Waals surface area contributed by atoms with E-state index in [1.54, 1.807) is 21.3 Å². The number of benzene rings is 3. The van der Waals surface area contributed by atoms with Gasteiger partial charge in [-0.1, -0.05) is 31.2 Å². The number of ether oxygens (including phenoxy) is 3. The summed E-state index contributed by atoms with van der Waals surface area (Å²) >= 11 is 0. The quantitative estimate of drug-likeness (QED) is 0.597. The van der Waals surface area contributed by atoms with Crippen molar-refractivity contribution in [3.63, 3.8) is 0 Å². The summed E-state index contributed by atoms with van der Waals surface area (Å²) in [5.41, 5.74) is 5.38. The predicted octanol–water partition coefficient (Wildman–Crippen LogP) is 5.41. The van der Waals surface area contributed by atoms with Gasteiger partial charge >= 0.3 is 0 Å². The lowest BCUT2D eigenvalue weighted by molar-refractivity contribution is 0.411. The highest BCUT2D eigenvalue weighted by Gasteiger charge is 2.17. The Labute approximate surface area is 155 Å². The summed E-state index contributed by atoms with van der Waals surface area (Å²) in [4.78, 5) is 0. The second-order valence-electron chi connectivity index (χ2n) is 5.90. The van der Waals surface area contributed by atoms with Gasteiger partial charge in [-0.25, -0.2) is 0 Å². The molecule has 0 atom stereocenters. The van der Waals surface area contributed by atoms with E-state index in [1.165, 1.54) is 0 Å². The summed E-state index contributed by atoms with van der Waals surface area (Å²) in [6, 6.07) is 21.5. The first-order chi connectivity index (χ1) is 12.7. The lowest BCUT2D eigenvalue weighted by atomic mass is 9.91. The second-order valence-corrected chi connectivity index (χ2v) is 5.90. The molecule has 0 aliphatic heterocycles. The van der Waals surface area contributed by atoms with E-state index >= 15 is 0 Å². The van der Waals surface area contributed by atoms with Gasteiger partial charge in [-0.3, -0.25) is 0 Å². The van der Waals surface area contributed by atoms with Gasteiger partial charge in [0, 0.05) is 11.1 Å². The third-order valence-electron chi connectivity index (χ3n) is 4.50. The molecule has 0 aliphatic rings. The molecule has 0 amide bonds. The third-order valence-corrected chi connectivity index (χ3v) is 4.50. The maximum Gasteiger partial charge on any atom is 0.131 e. The molecule has 0 spiro atoms. The summed E-state index contributed by atoms with van der Waals surface area (Å²) in [5.74, 6) is 2.53. The van der Waals surface area contributed by atoms with Crippen molar-refractivity contribution in [1.82, 2.24) is 0 Å². The first-order valence-electron chi connectivity index (χ1n) is 8.62. The van der Waals surface area contributed by atoms with Gasteiger partial charge in [-0.05, 0) is 59.5 Å². The van der Waals surface area contributed by atoms with Crippen LogP contribution in [0.3, 0.4) is 0 Å². The molecule has 3 aromatic carbocycles. The minimum Gasteiger partial charge on any atom is -0.497 e. The van der Waals surface area contributed by atoms with E-state index in [2.05, 4.69) is 37.3 Å². The van der Waals surface area contributed by atoms with Gasteiger partial charge in [0.05, 0.1) is 21.3 Å². The third kappa shape index (κ3) is 3.38. The minimum absolute atomic E-state index is 0.830. The standard InChI is InChI=1S/C23H23O3/c1-5-16-10-15-21(17-6-11-19(24-2)12-7-17)22(23(16)26-4)18-8-13-20(25-3)14-9-18/h6-9,11-15H,5H2,1-4H3. The summed E-state index contributed by atoms with van der Waals surface area (Å²) in [6.45, 7) is 2.11. The van der Waals surface area contributed by atoms with E-state index < -0.39 is 0 Å². The van der Waals surface area contributed by atoms with Crippen LogP contribution in [0.4, 0.5) is 0 Å². The molecule has 1 radical (unpaired) electrons. The predicted molar refractivity (Wildman–Crippen MR) is 105 cm³/mol. The zero-order chi connectivity index (χ0) is 18.5. The van der Waals surface area contributed by atoms with Crippen LogP contribution >= 0.6 is 0 Å². The average Bonchev–Trinajstić information content (AvgIpc) is 2.72. The molecule has 0 saturated carbocycles. The summed E-state index contributed by atoms with van der Waals surface area (Å²) in [7, 11) is 5.06. The largest absolute Gasteiger partial charge is 0.497 e. The van der Waals surface area contributed by atoms with Crippen molar-refractivity contribution >= 4 is 0 Å². The second kappa shape index (κ2) is 7.96. The number of methoxy groups -OCH3 is 3. The normalized spacial score (nSPS) is 10.5. The number of hydrogen-bond donors (Lipinski definition) is 0. The van der Waals surface area contributed by atoms with Gasteiger partial charge in [0.15, 0.2) is 0 Å². The van der Waals surface area contributed by atoms with Gasteiger partial charge in [-0.2, -0.15) is 0 Å². The maximum absolute atomic E-state index is 5.80. The van der Waals surface area contributed by atoms with Crippen LogP contribution in [0, 0.1) is 6.07 Å². The average molecular weight is 347 g/mol. The molecule has 3 rings (SSSR count). The zero-order valence-corrected chi connectivity index (χ0v) is 15.6. The number of hydrogen-bond acceptors (Lipinski definition) is 3. The molecule has 3 heteroatoms. The first kappa shape index (κ1) is 17.9. The van der Waals surface area contributed by atoms with Crippen molar-refractivity contribution < 1.29 is 14.2 Å². The SMILES string of the molecule is CCc1[c]cc(-c2ccc(OC)cc2)c(-c2ccc(OC)cc2)c1OC. The van der Waals surface area contributed by atoms with Gasteiger partial charge in [-0.15, -0.1) is 0 Å². The van der Waals surface area contributed by atoms with E-state index in [4.69, 9.17) is 14.2 Å². The molecule has 0 saturated heterocycles. The molecule has 133 valence electrons. The molecule has 0 aliphatic carbocycles. The van der Waals surface area contributed by atoms with Crippen molar-refractivity contribution in [2.45, 2.75) is 13.3 Å². The van der Waals surface area contributed by atoms with Crippen molar-refractivity contribution in [3.8, 4) is 39.5 Å². The summed E-state index contributed by atoms with van der Waals surface area (Å²) in [6.07, 6.45) is 0.856. The van der Waals surface area contributed by atoms with Crippen LogP contribution in [0.5, 0.6) is 17.2 Å². The Morgan fingerprint density at radius 2 is 1.27 bits per heavy atom. The molecular formula is C23H23O3. The van der Waals surface area contributed by atoms with Gasteiger partial charge in [0.1, 0.15) is 17.2 Å². The van der Waals surface area contributed by atoms with Crippen LogP contribution in [0.15, 0.2) is 54.6 Å². The highest BCUT2D eigenvalue weighted by Crippen LogP contribution is 2.42. The highest BCUT2D eigenvalue weighted by atomic mass is 16.5. The molecule has 0 aromatic heterocycles. The Bertz CT molecular complexity index is 865. The van der Waals surface area contributed by atoms with Gasteiger partial charge < -0.3 is 14.2 Å². The van der Waals surface area contributed by atoms with Crippen molar-refractivity contribution in [3.05, 3.63) is 66.2 Å². The summed E-state index contributed by atoms with van der Waals surface area (Å²) in [5, 5.41) is 0. The molecule has 0 heterocycles. The molecule has 3 aromatic rings. The lowest BCUT2D eigenvalue weighted by Crippen LogP contribution is -1.97. The molecule has 0 fully saturated rings. The first-order valence-corrected chi connectivity index (χ1v) is 8.62. The Morgan fingerprint density at radius 3 is 1.73 bits per heavy atom. The monoisotopic (exact) mass is 347 g/mol. The molecule has 26 heavy (non-hydrogen) atoms. The Hall–Kier alpha value is -2.94. The van der Waals surface area contributed by atoms with Crippen LogP contribution in [0.25, 0.3) is 22.3 Å². The van der Waals surface area contributed by atoms with Crippen LogP contribution in [0.1, 0.15) is 12.5 Å². The van der Waals surface area contributed by atoms with Crippen molar-refractivity contribution in [2.75, 3.05) is 21.3 Å². The maximum atomic E-state index is 5.80. The molecule has 0 bridgehead atoms. The van der Waals surface area contributed by atoms with E-state index in [9.17, 15) is 0 Å². The fraction of sp³-hybridized carbons (Fsp3) is 0.217. The van der Waals surface area contributed by atoms with Crippen molar-refractivity contribution in [1.29, 1.82) is 0 Å². The highest BCUT2D eigenvalue weighted by molar-refractivity contribution is 5.88. The Balaban J connectivity index is 2.22. The van der Waals surface area contributed by atoms with Crippen LogP contribution in [0.2, 0.25) is 0 Å². The fourth-order valence-electron chi connectivity index (χ4n) is 3.10. The molecular weight excluding hydrogens is 324 g/mol. The zero-order valence-electron chi connectivity index (χ0n) is 15.6. The van der Waals surface area contributed by atoms with E-state index in [0.29, 0.717) is 0 Å². The van der Waals surface area contributed by atoms with Crippen LogP contribution < -0.4 is 14.2 Å². The topological polar surface area (TPSA) is 27.7 Å². The van der Waals surface area contributed by atoms with Crippen LogP contribution in [-0.2, 0) is 6.42 Å². The Kier molecular flexibility index (Phi) is 5.47. The fourth-order valence-corrected chi connectivity index (χ4v) is 3.10. The van der Waals surface area contributed by atoms with Gasteiger partial charge in [0.2, 0.25) is 0 Å². The minimum atomic E-state index is 0.830. The molecule has 0 N–H and O–H groups in total. The Morgan fingerprint density at radius 1 is 0.731 bits per heavy atom. The van der Waals surface area contributed by atoms with Crippen molar-refractivity contribution in [2.24, 2.45) is 0 Å². The van der Waals surface area contributed by atoms with E-state index in [-0.39, 0.29) is 0 Å². The molecule has 0 unspecified atom stereocenters.